The molecule has 2 aromatic rings. The maximum absolute atomic E-state index is 13.3. The molecule has 0 N–H and O–H groups in total. The summed E-state index contributed by atoms with van der Waals surface area (Å²) in [6, 6.07) is 6.86. The first-order valence-corrected chi connectivity index (χ1v) is 5.74. The second kappa shape index (κ2) is 5.53. The third kappa shape index (κ3) is 3.30. The number of hydrogen-bond acceptors (Lipinski definition) is 5. The average Bonchev–Trinajstić information content (AvgIpc) is 2.40. The Morgan fingerprint density at radius 2 is 1.76 bits per heavy atom. The molecule has 0 saturated heterocycles. The lowest BCUT2D eigenvalue weighted by molar-refractivity contribution is -0.386. The molecule has 0 radical (unpaired) electrons. The molecule has 21 heavy (non-hydrogen) atoms. The van der Waals surface area contributed by atoms with Crippen molar-refractivity contribution < 1.29 is 19.0 Å². The molecular weight excluding hydrogens is 283 g/mol. The van der Waals surface area contributed by atoms with Crippen LogP contribution in [-0.2, 0) is 0 Å². The first-order chi connectivity index (χ1) is 9.86. The molecule has 108 valence electrons. The molecule has 7 nitrogen and oxygen atoms in total. The van der Waals surface area contributed by atoms with E-state index in [0.717, 1.165) is 18.2 Å². The normalized spacial score (nSPS) is 10.2. The van der Waals surface area contributed by atoms with E-state index in [1.54, 1.807) is 13.0 Å². The Morgan fingerprint density at radius 3 is 2.38 bits per heavy atom. The summed E-state index contributed by atoms with van der Waals surface area (Å²) in [6.07, 6.45) is 0. The molecule has 8 heteroatoms. The zero-order valence-corrected chi connectivity index (χ0v) is 10.8. The van der Waals surface area contributed by atoms with Crippen LogP contribution in [0.4, 0.5) is 15.8 Å². The van der Waals surface area contributed by atoms with Crippen molar-refractivity contribution in [2.45, 2.75) is 6.92 Å². The number of nitro groups is 2. The van der Waals surface area contributed by atoms with E-state index < -0.39 is 21.4 Å². The fourth-order valence-corrected chi connectivity index (χ4v) is 1.70. The first kappa shape index (κ1) is 14.4. The van der Waals surface area contributed by atoms with Crippen LogP contribution < -0.4 is 4.74 Å². The summed E-state index contributed by atoms with van der Waals surface area (Å²) in [5, 5.41) is 21.6. The van der Waals surface area contributed by atoms with Crippen molar-refractivity contribution >= 4 is 11.4 Å². The summed E-state index contributed by atoms with van der Waals surface area (Å²) >= 11 is 0. The van der Waals surface area contributed by atoms with E-state index in [4.69, 9.17) is 4.74 Å². The van der Waals surface area contributed by atoms with Crippen LogP contribution in [0.3, 0.4) is 0 Å². The summed E-state index contributed by atoms with van der Waals surface area (Å²) in [7, 11) is 0. The van der Waals surface area contributed by atoms with Gasteiger partial charge in [0.05, 0.1) is 22.0 Å². The van der Waals surface area contributed by atoms with E-state index in [0.29, 0.717) is 5.56 Å². The Kier molecular flexibility index (Phi) is 3.79. The third-order valence-corrected chi connectivity index (χ3v) is 2.61. The minimum atomic E-state index is -0.867. The fourth-order valence-electron chi connectivity index (χ4n) is 1.70. The van der Waals surface area contributed by atoms with Crippen molar-refractivity contribution in [1.29, 1.82) is 0 Å². The molecule has 2 rings (SSSR count). The van der Waals surface area contributed by atoms with Crippen LogP contribution in [0.25, 0.3) is 0 Å². The zero-order valence-electron chi connectivity index (χ0n) is 10.8. The van der Waals surface area contributed by atoms with Gasteiger partial charge in [-0.2, -0.15) is 0 Å². The van der Waals surface area contributed by atoms with Gasteiger partial charge in [-0.25, -0.2) is 4.39 Å². The van der Waals surface area contributed by atoms with Gasteiger partial charge in [-0.05, 0) is 18.6 Å². The number of nitro benzene ring substituents is 2. The average molecular weight is 292 g/mol. The highest BCUT2D eigenvalue weighted by Crippen LogP contribution is 2.33. The third-order valence-electron chi connectivity index (χ3n) is 2.61. The molecule has 0 heterocycles. The van der Waals surface area contributed by atoms with Gasteiger partial charge in [-0.3, -0.25) is 20.2 Å². The number of halogens is 1. The van der Waals surface area contributed by atoms with Gasteiger partial charge in [0, 0.05) is 12.1 Å². The lowest BCUT2D eigenvalue weighted by Crippen LogP contribution is -1.95. The highest BCUT2D eigenvalue weighted by Gasteiger charge is 2.18. The minimum absolute atomic E-state index is 0.120. The van der Waals surface area contributed by atoms with E-state index in [9.17, 15) is 24.6 Å². The quantitative estimate of drug-likeness (QED) is 0.631. The van der Waals surface area contributed by atoms with E-state index in [-0.39, 0.29) is 17.2 Å². The Hall–Kier alpha value is -3.03. The summed E-state index contributed by atoms with van der Waals surface area (Å²) < 4.78 is 18.5. The molecule has 0 spiro atoms. The topological polar surface area (TPSA) is 95.5 Å². The molecule has 0 fully saturated rings. The minimum Gasteiger partial charge on any atom is -0.450 e. The van der Waals surface area contributed by atoms with E-state index in [2.05, 4.69) is 0 Å². The molecular formula is C13H9FN2O5. The number of ether oxygens (including phenoxy) is 1. The smallest absolute Gasteiger partial charge is 0.311 e. The van der Waals surface area contributed by atoms with Gasteiger partial charge in [0.25, 0.3) is 5.69 Å². The van der Waals surface area contributed by atoms with Gasteiger partial charge in [0.1, 0.15) is 11.6 Å². The van der Waals surface area contributed by atoms with Gasteiger partial charge in [-0.15, -0.1) is 0 Å². The van der Waals surface area contributed by atoms with Crippen LogP contribution in [-0.4, -0.2) is 9.85 Å². The molecule has 0 aliphatic carbocycles. The number of nitrogens with zero attached hydrogens (tertiary/aromatic N) is 2. The maximum Gasteiger partial charge on any atom is 0.311 e. The Labute approximate surface area is 117 Å². The number of rotatable bonds is 4. The molecule has 2 aromatic carbocycles. The molecule has 0 bridgehead atoms. The van der Waals surface area contributed by atoms with Crippen LogP contribution in [0.15, 0.2) is 36.4 Å². The monoisotopic (exact) mass is 292 g/mol. The van der Waals surface area contributed by atoms with Crippen LogP contribution in [0, 0.1) is 33.0 Å². The summed E-state index contributed by atoms with van der Waals surface area (Å²) in [5.41, 5.74) is -0.152. The number of benzene rings is 2. The van der Waals surface area contributed by atoms with E-state index in [1.165, 1.54) is 12.1 Å². The van der Waals surface area contributed by atoms with Crippen molar-refractivity contribution in [3.05, 3.63) is 68.0 Å². The van der Waals surface area contributed by atoms with Crippen molar-refractivity contribution in [3.8, 4) is 11.5 Å². The van der Waals surface area contributed by atoms with Crippen molar-refractivity contribution in [2.24, 2.45) is 0 Å². The highest BCUT2D eigenvalue weighted by atomic mass is 19.1. The van der Waals surface area contributed by atoms with E-state index in [1.807, 2.05) is 0 Å². The molecule has 0 amide bonds. The lowest BCUT2D eigenvalue weighted by atomic mass is 10.2. The molecule has 0 aromatic heterocycles. The van der Waals surface area contributed by atoms with Crippen LogP contribution >= 0.6 is 0 Å². The van der Waals surface area contributed by atoms with Crippen molar-refractivity contribution in [1.82, 2.24) is 0 Å². The van der Waals surface area contributed by atoms with Crippen LogP contribution in [0.5, 0.6) is 11.5 Å². The standard InChI is InChI=1S/C13H9FN2O5/c1-8-2-3-13(12(4-8)16(19)20)21-11-6-9(14)5-10(7-11)15(17)18/h2-7H,1H3. The highest BCUT2D eigenvalue weighted by molar-refractivity contribution is 5.51. The van der Waals surface area contributed by atoms with Crippen molar-refractivity contribution in [2.75, 3.05) is 0 Å². The summed E-state index contributed by atoms with van der Waals surface area (Å²) in [5.74, 6) is -1.17. The number of aryl methyl sites for hydroxylation is 1. The second-order valence-electron chi connectivity index (χ2n) is 4.23. The molecule has 0 atom stereocenters. The Morgan fingerprint density at radius 1 is 1.05 bits per heavy atom. The van der Waals surface area contributed by atoms with Gasteiger partial charge in [0.15, 0.2) is 0 Å². The van der Waals surface area contributed by atoms with E-state index >= 15 is 0 Å². The summed E-state index contributed by atoms with van der Waals surface area (Å²) in [4.78, 5) is 20.2. The van der Waals surface area contributed by atoms with Crippen LogP contribution in [0.2, 0.25) is 0 Å². The Bertz CT molecular complexity index is 732. The van der Waals surface area contributed by atoms with Gasteiger partial charge in [0.2, 0.25) is 5.75 Å². The number of hydrogen-bond donors (Lipinski definition) is 0. The van der Waals surface area contributed by atoms with Crippen LogP contribution in [0.1, 0.15) is 5.56 Å². The summed E-state index contributed by atoms with van der Waals surface area (Å²) in [6.45, 7) is 1.67. The van der Waals surface area contributed by atoms with Gasteiger partial charge < -0.3 is 4.74 Å². The molecule has 0 aliphatic heterocycles. The Balaban J connectivity index is 2.43. The fraction of sp³-hybridized carbons (Fsp3) is 0.0769. The molecule has 0 saturated carbocycles. The van der Waals surface area contributed by atoms with Gasteiger partial charge >= 0.3 is 5.69 Å². The predicted molar refractivity (Wildman–Crippen MR) is 71.0 cm³/mol. The lowest BCUT2D eigenvalue weighted by Gasteiger charge is -2.07. The maximum atomic E-state index is 13.3. The predicted octanol–water partition coefficient (Wildman–Crippen LogP) is 3.74. The number of non-ortho nitro benzene ring substituents is 1. The van der Waals surface area contributed by atoms with Crippen molar-refractivity contribution in [3.63, 3.8) is 0 Å². The largest absolute Gasteiger partial charge is 0.450 e. The zero-order chi connectivity index (χ0) is 15.6. The molecule has 0 unspecified atom stereocenters. The first-order valence-electron chi connectivity index (χ1n) is 5.74. The molecule has 0 aliphatic rings. The second-order valence-corrected chi connectivity index (χ2v) is 4.23. The van der Waals surface area contributed by atoms with Gasteiger partial charge in [-0.1, -0.05) is 6.07 Å². The SMILES string of the molecule is Cc1ccc(Oc2cc(F)cc([N+](=O)[O-])c2)c([N+](=O)[O-])c1.